The molecule has 104 valence electrons. The topological polar surface area (TPSA) is 18.5 Å². The summed E-state index contributed by atoms with van der Waals surface area (Å²) in [7, 11) is 0. The molecule has 0 aromatic rings. The highest BCUT2D eigenvalue weighted by Gasteiger charge is 2.04. The van der Waals surface area contributed by atoms with Gasteiger partial charge in [-0.2, -0.15) is 0 Å². The van der Waals surface area contributed by atoms with E-state index in [0.717, 1.165) is 13.3 Å². The van der Waals surface area contributed by atoms with E-state index in [0.29, 0.717) is 0 Å². The van der Waals surface area contributed by atoms with E-state index >= 15 is 0 Å². The van der Waals surface area contributed by atoms with E-state index < -0.39 is 0 Å². The van der Waals surface area contributed by atoms with Crippen LogP contribution in [0.3, 0.4) is 0 Å². The smallest absolute Gasteiger partial charge is 0.0490 e. The van der Waals surface area contributed by atoms with E-state index in [9.17, 15) is 0 Å². The first-order valence-corrected chi connectivity index (χ1v) is 7.43. The van der Waals surface area contributed by atoms with Crippen molar-refractivity contribution in [2.45, 2.75) is 53.4 Å². The Balaban J connectivity index is 3.73. The highest BCUT2D eigenvalue weighted by atomic mass is 15.3. The van der Waals surface area contributed by atoms with E-state index in [2.05, 4.69) is 42.8 Å². The predicted octanol–water partition coefficient (Wildman–Crippen LogP) is 2.74. The molecule has 0 rings (SSSR count). The lowest BCUT2D eigenvalue weighted by Gasteiger charge is -2.25. The first-order chi connectivity index (χ1) is 8.28. The van der Waals surface area contributed by atoms with Crippen LogP contribution >= 0.6 is 0 Å². The molecule has 0 unspecified atom stereocenters. The first-order valence-electron chi connectivity index (χ1n) is 7.43. The summed E-state index contributed by atoms with van der Waals surface area (Å²) in [6, 6.07) is 0. The Morgan fingerprint density at radius 3 is 1.12 bits per heavy atom. The molecule has 0 aromatic carbocycles. The molecular weight excluding hydrogens is 210 g/mol. The zero-order valence-electron chi connectivity index (χ0n) is 12.5. The van der Waals surface area contributed by atoms with Gasteiger partial charge in [-0.15, -0.1) is 0 Å². The lowest BCUT2D eigenvalue weighted by molar-refractivity contribution is 0.200. The summed E-state index contributed by atoms with van der Waals surface area (Å²) in [5, 5.41) is 3.58. The highest BCUT2D eigenvalue weighted by molar-refractivity contribution is 4.58. The second-order valence-corrected chi connectivity index (χ2v) is 4.80. The Kier molecular flexibility index (Phi) is 12.3. The Hall–Kier alpha value is -0.120. The monoisotopic (exact) mass is 243 g/mol. The molecular formula is C14H33N3. The fourth-order valence-corrected chi connectivity index (χ4v) is 2.17. The van der Waals surface area contributed by atoms with Crippen molar-refractivity contribution < 1.29 is 0 Å². The summed E-state index contributed by atoms with van der Waals surface area (Å²) in [4.78, 5) is 5.02. The van der Waals surface area contributed by atoms with E-state index in [4.69, 9.17) is 0 Å². The summed E-state index contributed by atoms with van der Waals surface area (Å²) < 4.78 is 0. The minimum atomic E-state index is 1.03. The predicted molar refractivity (Wildman–Crippen MR) is 77.2 cm³/mol. The second kappa shape index (κ2) is 12.3. The normalized spacial score (nSPS) is 11.6. The largest absolute Gasteiger partial charge is 0.292 e. The zero-order valence-corrected chi connectivity index (χ0v) is 12.5. The van der Waals surface area contributed by atoms with Crippen molar-refractivity contribution in [2.75, 3.05) is 39.5 Å². The molecule has 0 saturated carbocycles. The average Bonchev–Trinajstić information content (AvgIpc) is 2.30. The molecule has 1 N–H and O–H groups in total. The summed E-state index contributed by atoms with van der Waals surface area (Å²) in [5.74, 6) is 0. The van der Waals surface area contributed by atoms with Crippen LogP contribution in [0, 0.1) is 0 Å². The van der Waals surface area contributed by atoms with Crippen LogP contribution in [0.25, 0.3) is 0 Å². The third-order valence-corrected chi connectivity index (χ3v) is 2.83. The molecule has 3 heteroatoms. The lowest BCUT2D eigenvalue weighted by atomic mass is 10.3. The van der Waals surface area contributed by atoms with Gasteiger partial charge in [-0.05, 0) is 51.9 Å². The third kappa shape index (κ3) is 9.57. The van der Waals surface area contributed by atoms with Gasteiger partial charge in [0.25, 0.3) is 0 Å². The second-order valence-electron chi connectivity index (χ2n) is 4.80. The van der Waals surface area contributed by atoms with Crippen molar-refractivity contribution in [2.24, 2.45) is 0 Å². The minimum absolute atomic E-state index is 1.03. The maximum absolute atomic E-state index is 3.58. The van der Waals surface area contributed by atoms with Crippen LogP contribution in [0.15, 0.2) is 0 Å². The van der Waals surface area contributed by atoms with Crippen LogP contribution in [-0.4, -0.2) is 49.3 Å². The van der Waals surface area contributed by atoms with Gasteiger partial charge in [-0.1, -0.05) is 27.7 Å². The van der Waals surface area contributed by atoms with Gasteiger partial charge >= 0.3 is 0 Å². The highest BCUT2D eigenvalue weighted by Crippen LogP contribution is 1.94. The van der Waals surface area contributed by atoms with Crippen molar-refractivity contribution in [3.8, 4) is 0 Å². The molecule has 3 nitrogen and oxygen atoms in total. The van der Waals surface area contributed by atoms with Gasteiger partial charge < -0.3 is 0 Å². The van der Waals surface area contributed by atoms with Gasteiger partial charge in [0.15, 0.2) is 0 Å². The molecule has 0 spiro atoms. The summed E-state index contributed by atoms with van der Waals surface area (Å²) >= 11 is 0. The Labute approximate surface area is 109 Å². The minimum Gasteiger partial charge on any atom is -0.292 e. The van der Waals surface area contributed by atoms with E-state index in [1.807, 2.05) is 0 Å². The van der Waals surface area contributed by atoms with Crippen molar-refractivity contribution in [1.29, 1.82) is 0 Å². The SMILES string of the molecule is CCCN(CCC)CNCN(CCC)CCC. The number of hydrogen-bond acceptors (Lipinski definition) is 3. The van der Waals surface area contributed by atoms with Gasteiger partial charge in [0, 0.05) is 13.3 Å². The van der Waals surface area contributed by atoms with Gasteiger partial charge in [-0.25, -0.2) is 0 Å². The Morgan fingerprint density at radius 2 is 0.882 bits per heavy atom. The number of nitrogens with zero attached hydrogens (tertiary/aromatic N) is 2. The molecule has 0 aliphatic heterocycles. The lowest BCUT2D eigenvalue weighted by Crippen LogP contribution is -2.42. The third-order valence-electron chi connectivity index (χ3n) is 2.83. The fourth-order valence-electron chi connectivity index (χ4n) is 2.17. The molecule has 0 bridgehead atoms. The summed E-state index contributed by atoms with van der Waals surface area (Å²) in [6.07, 6.45) is 4.98. The maximum atomic E-state index is 3.58. The average molecular weight is 243 g/mol. The molecule has 0 heterocycles. The van der Waals surface area contributed by atoms with Crippen LogP contribution in [0.4, 0.5) is 0 Å². The van der Waals surface area contributed by atoms with Crippen molar-refractivity contribution in [3.63, 3.8) is 0 Å². The molecule has 0 saturated heterocycles. The summed E-state index contributed by atoms with van der Waals surface area (Å²) in [5.41, 5.74) is 0. The Bertz CT molecular complexity index is 122. The van der Waals surface area contributed by atoms with Gasteiger partial charge in [0.1, 0.15) is 0 Å². The van der Waals surface area contributed by atoms with E-state index in [1.165, 1.54) is 51.9 Å². The zero-order chi connectivity index (χ0) is 12.9. The van der Waals surface area contributed by atoms with Crippen molar-refractivity contribution in [3.05, 3.63) is 0 Å². The fraction of sp³-hybridized carbons (Fsp3) is 1.00. The quantitative estimate of drug-likeness (QED) is 0.532. The molecule has 0 atom stereocenters. The van der Waals surface area contributed by atoms with Gasteiger partial charge in [0.2, 0.25) is 0 Å². The summed E-state index contributed by atoms with van der Waals surface area (Å²) in [6.45, 7) is 15.9. The standard InChI is InChI=1S/C14H33N3/c1-5-9-16(10-6-2)13-15-14-17(11-7-3)12-8-4/h15H,5-14H2,1-4H3. The van der Waals surface area contributed by atoms with Crippen LogP contribution in [0.5, 0.6) is 0 Å². The molecule has 0 amide bonds. The molecule has 0 fully saturated rings. The van der Waals surface area contributed by atoms with Crippen LogP contribution < -0.4 is 5.32 Å². The van der Waals surface area contributed by atoms with E-state index in [-0.39, 0.29) is 0 Å². The number of nitrogens with one attached hydrogen (secondary N) is 1. The molecule has 0 aliphatic rings. The van der Waals surface area contributed by atoms with Crippen LogP contribution in [-0.2, 0) is 0 Å². The molecule has 17 heavy (non-hydrogen) atoms. The molecule has 0 aliphatic carbocycles. The van der Waals surface area contributed by atoms with Gasteiger partial charge in [0.05, 0.1) is 0 Å². The van der Waals surface area contributed by atoms with Crippen molar-refractivity contribution >= 4 is 0 Å². The number of hydrogen-bond donors (Lipinski definition) is 1. The molecule has 0 radical (unpaired) electrons. The maximum Gasteiger partial charge on any atom is 0.0490 e. The Morgan fingerprint density at radius 1 is 0.588 bits per heavy atom. The number of rotatable bonds is 12. The van der Waals surface area contributed by atoms with Gasteiger partial charge in [-0.3, -0.25) is 15.1 Å². The van der Waals surface area contributed by atoms with Crippen LogP contribution in [0.2, 0.25) is 0 Å². The molecule has 0 aromatic heterocycles. The van der Waals surface area contributed by atoms with Crippen LogP contribution in [0.1, 0.15) is 53.4 Å². The first kappa shape index (κ1) is 16.9. The van der Waals surface area contributed by atoms with Crippen molar-refractivity contribution in [1.82, 2.24) is 15.1 Å². The van der Waals surface area contributed by atoms with E-state index in [1.54, 1.807) is 0 Å².